The molecule has 2 aromatic rings. The number of ether oxygens (including phenoxy) is 1. The summed E-state index contributed by atoms with van der Waals surface area (Å²) in [6.45, 7) is -0.254. The summed E-state index contributed by atoms with van der Waals surface area (Å²) >= 11 is 16.5. The molecule has 7 nitrogen and oxygen atoms in total. The van der Waals surface area contributed by atoms with E-state index in [9.17, 15) is 14.4 Å². The van der Waals surface area contributed by atoms with Crippen LogP contribution in [0.4, 0.5) is 5.69 Å². The maximum atomic E-state index is 12.1. The lowest BCUT2D eigenvalue weighted by Gasteiger charge is -2.16. The van der Waals surface area contributed by atoms with Gasteiger partial charge in [-0.2, -0.15) is 0 Å². The van der Waals surface area contributed by atoms with E-state index in [1.54, 1.807) is 36.4 Å². The third kappa shape index (κ3) is 5.54. The standard InChI is InChI=1S/C19H13Cl2N3O4S/c20-14-5-4-11(8-15(14)21)22-16(25)9-28-12-3-1-2-10(6-12)7-13-17(26)23-19(29)24-18(13)27/h1-8H,9H2,(H,22,25)(H2,23,24,26,27,29). The van der Waals surface area contributed by atoms with Gasteiger partial charge in [-0.25, -0.2) is 0 Å². The summed E-state index contributed by atoms with van der Waals surface area (Å²) < 4.78 is 5.47. The number of thiocarbonyl (C=S) groups is 1. The van der Waals surface area contributed by atoms with E-state index in [2.05, 4.69) is 16.0 Å². The molecule has 0 spiro atoms. The molecule has 2 aromatic carbocycles. The van der Waals surface area contributed by atoms with Crippen LogP contribution in [0.5, 0.6) is 5.75 Å². The number of nitrogens with one attached hydrogen (secondary N) is 3. The maximum absolute atomic E-state index is 12.1. The molecule has 0 saturated carbocycles. The highest BCUT2D eigenvalue weighted by Gasteiger charge is 2.25. The molecule has 0 unspecified atom stereocenters. The highest BCUT2D eigenvalue weighted by Crippen LogP contribution is 2.25. The molecule has 1 saturated heterocycles. The smallest absolute Gasteiger partial charge is 0.263 e. The minimum absolute atomic E-state index is 0.0396. The molecule has 1 aliphatic heterocycles. The van der Waals surface area contributed by atoms with Gasteiger partial charge in [0.05, 0.1) is 10.0 Å². The van der Waals surface area contributed by atoms with Gasteiger partial charge in [0.25, 0.3) is 17.7 Å². The van der Waals surface area contributed by atoms with E-state index in [-0.39, 0.29) is 17.3 Å². The average Bonchev–Trinajstić information content (AvgIpc) is 2.66. The molecule has 1 fully saturated rings. The zero-order valence-corrected chi connectivity index (χ0v) is 17.0. The van der Waals surface area contributed by atoms with E-state index < -0.39 is 17.7 Å². The quantitative estimate of drug-likeness (QED) is 0.370. The molecular formula is C19H13Cl2N3O4S. The second-order valence-electron chi connectivity index (χ2n) is 5.83. The number of rotatable bonds is 5. The highest BCUT2D eigenvalue weighted by atomic mass is 35.5. The molecule has 10 heteroatoms. The minimum atomic E-state index is -0.592. The Morgan fingerprint density at radius 2 is 1.79 bits per heavy atom. The van der Waals surface area contributed by atoms with E-state index in [4.69, 9.17) is 40.2 Å². The average molecular weight is 450 g/mol. The van der Waals surface area contributed by atoms with Gasteiger partial charge in [-0.1, -0.05) is 35.3 Å². The van der Waals surface area contributed by atoms with Crippen LogP contribution in [0, 0.1) is 0 Å². The Hall–Kier alpha value is -2.94. The Morgan fingerprint density at radius 1 is 1.07 bits per heavy atom. The monoisotopic (exact) mass is 449 g/mol. The molecule has 1 heterocycles. The van der Waals surface area contributed by atoms with Crippen LogP contribution in [-0.2, 0) is 14.4 Å². The van der Waals surface area contributed by atoms with Crippen molar-refractivity contribution in [3.8, 4) is 5.75 Å². The van der Waals surface area contributed by atoms with E-state index in [1.165, 1.54) is 12.1 Å². The molecule has 0 aliphatic carbocycles. The van der Waals surface area contributed by atoms with Gasteiger partial charge in [0.1, 0.15) is 11.3 Å². The molecule has 29 heavy (non-hydrogen) atoms. The Morgan fingerprint density at radius 3 is 2.48 bits per heavy atom. The molecule has 3 amide bonds. The lowest BCUT2D eigenvalue weighted by Crippen LogP contribution is -2.51. The third-order valence-electron chi connectivity index (χ3n) is 3.69. The van der Waals surface area contributed by atoms with Gasteiger partial charge in [-0.15, -0.1) is 0 Å². The summed E-state index contributed by atoms with van der Waals surface area (Å²) in [7, 11) is 0. The second-order valence-corrected chi connectivity index (χ2v) is 7.06. The van der Waals surface area contributed by atoms with Crippen LogP contribution in [-0.4, -0.2) is 29.4 Å². The summed E-state index contributed by atoms with van der Waals surface area (Å²) in [5, 5.41) is 8.02. The molecule has 3 N–H and O–H groups in total. The van der Waals surface area contributed by atoms with Crippen LogP contribution in [0.3, 0.4) is 0 Å². The summed E-state index contributed by atoms with van der Waals surface area (Å²) in [4.78, 5) is 35.9. The fourth-order valence-corrected chi connectivity index (χ4v) is 2.87. The first-order valence-corrected chi connectivity index (χ1v) is 9.34. The number of amides is 3. The lowest BCUT2D eigenvalue weighted by molar-refractivity contribution is -0.123. The van der Waals surface area contributed by atoms with Crippen molar-refractivity contribution in [1.29, 1.82) is 0 Å². The Balaban J connectivity index is 1.64. The van der Waals surface area contributed by atoms with Gasteiger partial charge in [0.15, 0.2) is 11.7 Å². The first kappa shape index (κ1) is 20.8. The Labute approximate surface area is 181 Å². The second kappa shape index (κ2) is 9.04. The van der Waals surface area contributed by atoms with Gasteiger partial charge in [0.2, 0.25) is 0 Å². The van der Waals surface area contributed by atoms with E-state index in [0.29, 0.717) is 27.0 Å². The zero-order valence-electron chi connectivity index (χ0n) is 14.6. The molecular weight excluding hydrogens is 437 g/mol. The van der Waals surface area contributed by atoms with Gasteiger partial charge in [-0.05, 0) is 54.2 Å². The van der Waals surface area contributed by atoms with Crippen molar-refractivity contribution in [1.82, 2.24) is 10.6 Å². The summed E-state index contributed by atoms with van der Waals surface area (Å²) in [5.41, 5.74) is 0.937. The summed E-state index contributed by atoms with van der Waals surface area (Å²) in [5.74, 6) is -1.19. The van der Waals surface area contributed by atoms with Crippen molar-refractivity contribution >= 4 is 70.0 Å². The predicted octanol–water partition coefficient (Wildman–Crippen LogP) is 2.93. The van der Waals surface area contributed by atoms with Crippen molar-refractivity contribution in [3.05, 3.63) is 63.6 Å². The Bertz CT molecular complexity index is 1030. The van der Waals surface area contributed by atoms with Crippen molar-refractivity contribution in [3.63, 3.8) is 0 Å². The van der Waals surface area contributed by atoms with E-state index in [0.717, 1.165) is 0 Å². The van der Waals surface area contributed by atoms with Crippen molar-refractivity contribution in [2.24, 2.45) is 0 Å². The van der Waals surface area contributed by atoms with Crippen LogP contribution in [0.1, 0.15) is 5.56 Å². The third-order valence-corrected chi connectivity index (χ3v) is 4.63. The molecule has 148 valence electrons. The van der Waals surface area contributed by atoms with Gasteiger partial charge >= 0.3 is 0 Å². The number of halogens is 2. The van der Waals surface area contributed by atoms with Crippen LogP contribution >= 0.6 is 35.4 Å². The summed E-state index contributed by atoms with van der Waals surface area (Å²) in [6.07, 6.45) is 1.40. The summed E-state index contributed by atoms with van der Waals surface area (Å²) in [6, 6.07) is 11.3. The molecule has 0 aromatic heterocycles. The SMILES string of the molecule is O=C(COc1cccc(C=C2C(=O)NC(=S)NC2=O)c1)Nc1ccc(Cl)c(Cl)c1. The van der Waals surface area contributed by atoms with Crippen LogP contribution in [0.25, 0.3) is 6.08 Å². The number of carbonyl (C=O) groups excluding carboxylic acids is 3. The zero-order chi connectivity index (χ0) is 21.0. The number of hydrogen-bond donors (Lipinski definition) is 3. The fraction of sp³-hybridized carbons (Fsp3) is 0.0526. The van der Waals surface area contributed by atoms with Gasteiger partial charge in [-0.3, -0.25) is 25.0 Å². The number of benzene rings is 2. The van der Waals surface area contributed by atoms with Crippen LogP contribution < -0.4 is 20.7 Å². The first-order valence-electron chi connectivity index (χ1n) is 8.18. The number of anilines is 1. The fourth-order valence-electron chi connectivity index (χ4n) is 2.39. The largest absolute Gasteiger partial charge is 0.484 e. The van der Waals surface area contributed by atoms with Crippen molar-refractivity contribution in [2.75, 3.05) is 11.9 Å². The van der Waals surface area contributed by atoms with Crippen LogP contribution in [0.2, 0.25) is 10.0 Å². The van der Waals surface area contributed by atoms with Crippen LogP contribution in [0.15, 0.2) is 48.0 Å². The lowest BCUT2D eigenvalue weighted by atomic mass is 10.1. The van der Waals surface area contributed by atoms with Gasteiger partial charge in [0, 0.05) is 5.69 Å². The van der Waals surface area contributed by atoms with E-state index in [1.807, 2.05) is 0 Å². The van der Waals surface area contributed by atoms with Crippen molar-refractivity contribution in [2.45, 2.75) is 0 Å². The molecule has 0 bridgehead atoms. The maximum Gasteiger partial charge on any atom is 0.263 e. The van der Waals surface area contributed by atoms with Crippen molar-refractivity contribution < 1.29 is 19.1 Å². The van der Waals surface area contributed by atoms with Gasteiger partial charge < -0.3 is 10.1 Å². The first-order chi connectivity index (χ1) is 13.8. The normalized spacial score (nSPS) is 13.4. The minimum Gasteiger partial charge on any atom is -0.484 e. The Kier molecular flexibility index (Phi) is 6.48. The van der Waals surface area contributed by atoms with E-state index >= 15 is 0 Å². The molecule has 3 rings (SSSR count). The topological polar surface area (TPSA) is 96.5 Å². The molecule has 0 atom stereocenters. The highest BCUT2D eigenvalue weighted by molar-refractivity contribution is 7.80. The predicted molar refractivity (Wildman–Crippen MR) is 114 cm³/mol. The molecule has 0 radical (unpaired) electrons. The number of hydrogen-bond acceptors (Lipinski definition) is 5. The number of carbonyl (C=O) groups is 3. The molecule has 1 aliphatic rings.